The van der Waals surface area contributed by atoms with Crippen molar-refractivity contribution in [2.24, 2.45) is 0 Å². The fraction of sp³-hybridized carbons (Fsp3) is 0.0588. The van der Waals surface area contributed by atoms with Crippen molar-refractivity contribution in [3.8, 4) is 11.8 Å². The third kappa shape index (κ3) is 4.93. The van der Waals surface area contributed by atoms with Gasteiger partial charge in [-0.05, 0) is 35.9 Å². The molecule has 0 bridgehead atoms. The second-order valence-corrected chi connectivity index (χ2v) is 4.44. The monoisotopic (exact) mass is 314 g/mol. The molecule has 2 aromatic rings. The number of nitriles is 1. The molecule has 0 aliphatic rings. The van der Waals surface area contributed by atoms with E-state index in [0.717, 1.165) is 0 Å². The Bertz CT molecular complexity index is 735. The number of nitrogens with zero attached hydrogens (tertiary/aromatic N) is 1. The van der Waals surface area contributed by atoms with Gasteiger partial charge in [0.25, 0.3) is 5.91 Å². The van der Waals surface area contributed by atoms with E-state index < -0.39 is 12.5 Å². The number of para-hydroxylation sites is 1. The molecule has 1 amide bonds. The quantitative estimate of drug-likeness (QED) is 0.674. The van der Waals surface area contributed by atoms with Gasteiger partial charge in [0.05, 0.1) is 0 Å². The smallest absolute Gasteiger partial charge is 0.387 e. The summed E-state index contributed by atoms with van der Waals surface area (Å²) in [5, 5.41) is 11.7. The summed E-state index contributed by atoms with van der Waals surface area (Å²) in [6.07, 6.45) is 1.37. The lowest BCUT2D eigenvalue weighted by Crippen LogP contribution is -2.13. The molecule has 0 fully saturated rings. The standard InChI is InChI=1S/C17H12F2N2O2/c18-17(19)23-15-8-6-12(7-9-15)10-13(11-20)16(22)21-14-4-2-1-3-5-14/h1-10,17H,(H,21,22)/b13-10+. The minimum Gasteiger partial charge on any atom is -0.435 e. The van der Waals surface area contributed by atoms with Gasteiger partial charge >= 0.3 is 6.61 Å². The number of ether oxygens (including phenoxy) is 1. The van der Waals surface area contributed by atoms with Crippen LogP contribution in [0.5, 0.6) is 5.75 Å². The number of rotatable bonds is 5. The number of alkyl halides is 2. The molecule has 23 heavy (non-hydrogen) atoms. The van der Waals surface area contributed by atoms with Gasteiger partial charge in [0, 0.05) is 5.69 Å². The van der Waals surface area contributed by atoms with Crippen molar-refractivity contribution in [1.82, 2.24) is 0 Å². The van der Waals surface area contributed by atoms with E-state index in [1.165, 1.54) is 30.3 Å². The molecule has 0 unspecified atom stereocenters. The Hall–Kier alpha value is -3.20. The summed E-state index contributed by atoms with van der Waals surface area (Å²) in [7, 11) is 0. The van der Waals surface area contributed by atoms with Crippen molar-refractivity contribution in [1.29, 1.82) is 5.26 Å². The van der Waals surface area contributed by atoms with E-state index in [-0.39, 0.29) is 11.3 Å². The Labute approximate surface area is 131 Å². The van der Waals surface area contributed by atoms with Gasteiger partial charge in [-0.2, -0.15) is 14.0 Å². The van der Waals surface area contributed by atoms with Crippen molar-refractivity contribution in [3.63, 3.8) is 0 Å². The van der Waals surface area contributed by atoms with E-state index in [1.807, 2.05) is 6.07 Å². The van der Waals surface area contributed by atoms with Crippen LogP contribution in [0, 0.1) is 11.3 Å². The van der Waals surface area contributed by atoms with Crippen LogP contribution in [0.15, 0.2) is 60.2 Å². The van der Waals surface area contributed by atoms with E-state index in [1.54, 1.807) is 30.3 Å². The van der Waals surface area contributed by atoms with E-state index >= 15 is 0 Å². The molecule has 0 aliphatic carbocycles. The van der Waals surface area contributed by atoms with E-state index in [2.05, 4.69) is 10.1 Å². The number of carbonyl (C=O) groups excluding carboxylic acids is 1. The zero-order valence-corrected chi connectivity index (χ0v) is 11.9. The number of amides is 1. The summed E-state index contributed by atoms with van der Waals surface area (Å²) in [5.74, 6) is -0.545. The lowest BCUT2D eigenvalue weighted by atomic mass is 10.1. The van der Waals surface area contributed by atoms with E-state index in [0.29, 0.717) is 11.3 Å². The lowest BCUT2D eigenvalue weighted by molar-refractivity contribution is -0.112. The average Bonchev–Trinajstić information content (AvgIpc) is 2.54. The Morgan fingerprint density at radius 2 is 1.78 bits per heavy atom. The predicted octanol–water partition coefficient (Wildman–Crippen LogP) is 3.83. The van der Waals surface area contributed by atoms with Crippen molar-refractivity contribution >= 4 is 17.7 Å². The van der Waals surface area contributed by atoms with E-state index in [9.17, 15) is 13.6 Å². The molecule has 0 aliphatic heterocycles. The Morgan fingerprint density at radius 3 is 2.35 bits per heavy atom. The number of carbonyl (C=O) groups is 1. The summed E-state index contributed by atoms with van der Waals surface area (Å²) < 4.78 is 28.4. The molecular weight excluding hydrogens is 302 g/mol. The molecule has 4 nitrogen and oxygen atoms in total. The SMILES string of the molecule is N#C/C(=C\c1ccc(OC(F)F)cc1)C(=O)Nc1ccccc1. The highest BCUT2D eigenvalue weighted by Crippen LogP contribution is 2.17. The average molecular weight is 314 g/mol. The van der Waals surface area contributed by atoms with Crippen LogP contribution in [0.4, 0.5) is 14.5 Å². The van der Waals surface area contributed by atoms with Crippen LogP contribution in [-0.2, 0) is 4.79 Å². The predicted molar refractivity (Wildman–Crippen MR) is 81.7 cm³/mol. The van der Waals surface area contributed by atoms with Gasteiger partial charge in [0.15, 0.2) is 0 Å². The first kappa shape index (κ1) is 16.2. The zero-order valence-electron chi connectivity index (χ0n) is 11.9. The molecule has 0 spiro atoms. The van der Waals surface area contributed by atoms with Gasteiger partial charge in [-0.1, -0.05) is 30.3 Å². The fourth-order valence-corrected chi connectivity index (χ4v) is 1.78. The summed E-state index contributed by atoms with van der Waals surface area (Å²) in [5.41, 5.74) is 0.988. The second kappa shape index (κ2) is 7.71. The minimum absolute atomic E-state index is 0.00407. The Balaban J connectivity index is 2.12. The summed E-state index contributed by atoms with van der Waals surface area (Å²) in [4.78, 5) is 12.0. The zero-order chi connectivity index (χ0) is 16.7. The largest absolute Gasteiger partial charge is 0.435 e. The molecule has 0 radical (unpaired) electrons. The van der Waals surface area contributed by atoms with Gasteiger partial charge in [-0.3, -0.25) is 4.79 Å². The summed E-state index contributed by atoms with van der Waals surface area (Å²) in [6.45, 7) is -2.90. The molecule has 0 heterocycles. The lowest BCUT2D eigenvalue weighted by Gasteiger charge is -2.05. The van der Waals surface area contributed by atoms with Crippen LogP contribution >= 0.6 is 0 Å². The molecule has 116 valence electrons. The van der Waals surface area contributed by atoms with Crippen molar-refractivity contribution < 1.29 is 18.3 Å². The maximum Gasteiger partial charge on any atom is 0.387 e. The molecule has 0 aromatic heterocycles. The van der Waals surface area contributed by atoms with Crippen LogP contribution in [-0.4, -0.2) is 12.5 Å². The third-order valence-electron chi connectivity index (χ3n) is 2.81. The fourth-order valence-electron chi connectivity index (χ4n) is 1.78. The van der Waals surface area contributed by atoms with Crippen LogP contribution in [0.3, 0.4) is 0 Å². The molecule has 0 saturated carbocycles. The van der Waals surface area contributed by atoms with Gasteiger partial charge in [0.2, 0.25) is 0 Å². The number of hydrogen-bond acceptors (Lipinski definition) is 3. The first-order valence-electron chi connectivity index (χ1n) is 6.61. The maximum atomic E-state index is 12.1. The number of benzene rings is 2. The first-order valence-corrected chi connectivity index (χ1v) is 6.61. The highest BCUT2D eigenvalue weighted by Gasteiger charge is 2.09. The van der Waals surface area contributed by atoms with E-state index in [4.69, 9.17) is 5.26 Å². The van der Waals surface area contributed by atoms with Gasteiger partial charge in [-0.15, -0.1) is 0 Å². The minimum atomic E-state index is -2.90. The molecule has 0 atom stereocenters. The van der Waals surface area contributed by atoms with Gasteiger partial charge in [0.1, 0.15) is 17.4 Å². The molecule has 2 aromatic carbocycles. The third-order valence-corrected chi connectivity index (χ3v) is 2.81. The second-order valence-electron chi connectivity index (χ2n) is 4.44. The number of nitrogens with one attached hydrogen (secondary N) is 1. The molecule has 0 saturated heterocycles. The molecule has 1 N–H and O–H groups in total. The molecule has 6 heteroatoms. The van der Waals surface area contributed by atoms with Crippen molar-refractivity contribution in [3.05, 3.63) is 65.7 Å². The highest BCUT2D eigenvalue weighted by atomic mass is 19.3. The summed E-state index contributed by atoms with van der Waals surface area (Å²) >= 11 is 0. The Morgan fingerprint density at radius 1 is 1.13 bits per heavy atom. The first-order chi connectivity index (χ1) is 11.1. The Kier molecular flexibility index (Phi) is 5.42. The maximum absolute atomic E-state index is 12.1. The van der Waals surface area contributed by atoms with Crippen LogP contribution in [0.25, 0.3) is 6.08 Å². The summed E-state index contributed by atoms with van der Waals surface area (Å²) in [6, 6.07) is 16.2. The number of hydrogen-bond donors (Lipinski definition) is 1. The highest BCUT2D eigenvalue weighted by molar-refractivity contribution is 6.09. The normalized spacial score (nSPS) is 11.0. The van der Waals surface area contributed by atoms with Crippen LogP contribution in [0.1, 0.15) is 5.56 Å². The van der Waals surface area contributed by atoms with Crippen LogP contribution in [0.2, 0.25) is 0 Å². The van der Waals surface area contributed by atoms with Crippen LogP contribution < -0.4 is 10.1 Å². The molecule has 2 rings (SSSR count). The number of halogens is 2. The van der Waals surface area contributed by atoms with Gasteiger partial charge < -0.3 is 10.1 Å². The van der Waals surface area contributed by atoms with Crippen molar-refractivity contribution in [2.45, 2.75) is 6.61 Å². The van der Waals surface area contributed by atoms with Crippen molar-refractivity contribution in [2.75, 3.05) is 5.32 Å². The van der Waals surface area contributed by atoms with Gasteiger partial charge in [-0.25, -0.2) is 0 Å². The molecular formula is C17H12F2N2O2. The number of anilines is 1. The topological polar surface area (TPSA) is 62.1 Å².